The number of phosphoric ester groups is 2. The van der Waals surface area contributed by atoms with E-state index in [-0.39, 0.29) is 25.7 Å². The minimum atomic E-state index is -4.95. The predicted molar refractivity (Wildman–Crippen MR) is 368 cm³/mol. The van der Waals surface area contributed by atoms with Crippen LogP contribution in [0.25, 0.3) is 0 Å². The van der Waals surface area contributed by atoms with Gasteiger partial charge >= 0.3 is 39.5 Å². The van der Waals surface area contributed by atoms with Gasteiger partial charge in [-0.1, -0.05) is 318 Å². The summed E-state index contributed by atoms with van der Waals surface area (Å²) in [7, 11) is -9.90. The fourth-order valence-electron chi connectivity index (χ4n) is 10.9. The number of ether oxygens (including phenoxy) is 4. The Labute approximate surface area is 556 Å². The minimum absolute atomic E-state index is 0.103. The van der Waals surface area contributed by atoms with Crippen LogP contribution in [0.4, 0.5) is 0 Å². The molecule has 3 N–H and O–H groups in total. The van der Waals surface area contributed by atoms with Crippen LogP contribution < -0.4 is 0 Å². The van der Waals surface area contributed by atoms with Crippen molar-refractivity contribution >= 4 is 39.5 Å². The van der Waals surface area contributed by atoms with Gasteiger partial charge in [-0.15, -0.1) is 0 Å². The van der Waals surface area contributed by atoms with E-state index >= 15 is 0 Å². The normalized spacial score (nSPS) is 14.1. The number of hydrogen-bond donors (Lipinski definition) is 3. The van der Waals surface area contributed by atoms with E-state index in [1.54, 1.807) is 0 Å². The molecule has 0 amide bonds. The average molecular weight is 1340 g/mol. The molecule has 0 radical (unpaired) electrons. The summed E-state index contributed by atoms with van der Waals surface area (Å²) in [5, 5.41) is 10.6. The SMILES string of the molecule is CCCCCCCCCCCCCCCCCCCCCCCCC(=O)O[C@H](COC(=O)CCCCCCCCCCCC(C)C)COP(=O)(O)OC[C@@H](O)COP(=O)(O)OC[C@@H](COC(=O)CCCCCCCCC)OC(=O)CCCCCCCCCC(C)C. The molecule has 0 aromatic rings. The fraction of sp³-hybridized carbons (Fsp3) is 0.944. The Bertz CT molecular complexity index is 1770. The maximum absolute atomic E-state index is 13.0. The van der Waals surface area contributed by atoms with Crippen LogP contribution in [0, 0.1) is 11.8 Å². The first kappa shape index (κ1) is 89.1. The van der Waals surface area contributed by atoms with Crippen molar-refractivity contribution in [3.63, 3.8) is 0 Å². The lowest BCUT2D eigenvalue weighted by Crippen LogP contribution is -2.30. The molecule has 0 aliphatic heterocycles. The molecule has 0 fully saturated rings. The molecule has 0 aromatic heterocycles. The van der Waals surface area contributed by atoms with Crippen molar-refractivity contribution in [3.05, 3.63) is 0 Å². The van der Waals surface area contributed by atoms with E-state index in [1.807, 2.05) is 0 Å². The minimum Gasteiger partial charge on any atom is -0.462 e. The standard InChI is InChI=1S/C72H140O17P2/c1-7-9-11-13-15-16-17-18-19-20-21-22-23-24-25-26-27-28-31-38-44-50-56-71(76)88-68(61-83-70(75)55-49-43-37-32-29-30-35-40-46-52-64(3)4)63-87-91(80,81)85-59-66(73)58-84-90(78,79)86-62-67(60-82-69(74)54-48-42-34-14-12-10-8-2)89-72(77)57-51-45-39-33-36-41-47-53-65(5)6/h64-68,73H,7-63H2,1-6H3,(H,78,79)(H,80,81)/t66-,67+,68+/m0/s1. The highest BCUT2D eigenvalue weighted by Crippen LogP contribution is 2.45. The zero-order chi connectivity index (χ0) is 67.2. The molecule has 17 nitrogen and oxygen atoms in total. The monoisotopic (exact) mass is 1340 g/mol. The first-order valence-corrected chi connectivity index (χ1v) is 40.5. The molecule has 540 valence electrons. The number of esters is 4. The second kappa shape index (κ2) is 64.1. The zero-order valence-electron chi connectivity index (χ0n) is 59.1. The van der Waals surface area contributed by atoms with Gasteiger partial charge in [0.05, 0.1) is 26.4 Å². The van der Waals surface area contributed by atoms with Crippen LogP contribution in [-0.4, -0.2) is 96.7 Å². The first-order chi connectivity index (χ1) is 43.9. The Balaban J connectivity index is 5.12. The second-order valence-electron chi connectivity index (χ2n) is 26.9. The molecule has 0 saturated carbocycles. The van der Waals surface area contributed by atoms with E-state index in [4.69, 9.17) is 37.0 Å². The predicted octanol–water partition coefficient (Wildman–Crippen LogP) is 20.8. The van der Waals surface area contributed by atoms with Crippen LogP contribution in [0.15, 0.2) is 0 Å². The average Bonchev–Trinajstić information content (AvgIpc) is 3.51. The van der Waals surface area contributed by atoms with Crippen LogP contribution in [0.3, 0.4) is 0 Å². The number of unbranched alkanes of at least 4 members (excludes halogenated alkanes) is 41. The highest BCUT2D eigenvalue weighted by Gasteiger charge is 2.30. The largest absolute Gasteiger partial charge is 0.472 e. The molecular weight excluding hydrogens is 1200 g/mol. The highest BCUT2D eigenvalue weighted by molar-refractivity contribution is 7.47. The molecule has 0 rings (SSSR count). The lowest BCUT2D eigenvalue weighted by Gasteiger charge is -2.21. The van der Waals surface area contributed by atoms with Crippen LogP contribution >= 0.6 is 15.6 Å². The number of hydrogen-bond acceptors (Lipinski definition) is 15. The Kier molecular flexibility index (Phi) is 62.7. The van der Waals surface area contributed by atoms with Gasteiger partial charge in [-0.3, -0.25) is 37.3 Å². The van der Waals surface area contributed by atoms with Gasteiger partial charge < -0.3 is 33.8 Å². The number of phosphoric acid groups is 2. The third kappa shape index (κ3) is 66.5. The number of aliphatic hydroxyl groups excluding tert-OH is 1. The van der Waals surface area contributed by atoms with Gasteiger partial charge in [0, 0.05) is 25.7 Å². The molecule has 2 unspecified atom stereocenters. The van der Waals surface area contributed by atoms with Crippen molar-refractivity contribution in [2.45, 2.75) is 387 Å². The molecule has 0 aromatic carbocycles. The lowest BCUT2D eigenvalue weighted by atomic mass is 10.0. The van der Waals surface area contributed by atoms with Crippen molar-refractivity contribution in [1.29, 1.82) is 0 Å². The Morgan fingerprint density at radius 2 is 0.505 bits per heavy atom. The van der Waals surface area contributed by atoms with E-state index in [0.29, 0.717) is 31.6 Å². The smallest absolute Gasteiger partial charge is 0.462 e. The summed E-state index contributed by atoms with van der Waals surface area (Å²) < 4.78 is 68.2. The molecular formula is C72H140O17P2. The summed E-state index contributed by atoms with van der Waals surface area (Å²) in [5.41, 5.74) is 0. The highest BCUT2D eigenvalue weighted by atomic mass is 31.2. The molecule has 5 atom stereocenters. The van der Waals surface area contributed by atoms with Crippen LogP contribution in [-0.2, 0) is 65.4 Å². The maximum Gasteiger partial charge on any atom is 0.472 e. The summed E-state index contributed by atoms with van der Waals surface area (Å²) in [6.07, 6.45) is 50.5. The molecule has 0 bridgehead atoms. The quantitative estimate of drug-likeness (QED) is 0.0222. The zero-order valence-corrected chi connectivity index (χ0v) is 60.9. The molecule has 0 heterocycles. The van der Waals surface area contributed by atoms with E-state index in [9.17, 15) is 43.2 Å². The summed E-state index contributed by atoms with van der Waals surface area (Å²) in [6, 6.07) is 0. The molecule has 91 heavy (non-hydrogen) atoms. The Morgan fingerprint density at radius 3 is 0.747 bits per heavy atom. The van der Waals surface area contributed by atoms with Crippen molar-refractivity contribution in [1.82, 2.24) is 0 Å². The van der Waals surface area contributed by atoms with E-state index in [0.717, 1.165) is 109 Å². The summed E-state index contributed by atoms with van der Waals surface area (Å²) >= 11 is 0. The van der Waals surface area contributed by atoms with Crippen LogP contribution in [0.5, 0.6) is 0 Å². The number of aliphatic hydroxyl groups is 1. The topological polar surface area (TPSA) is 237 Å². The van der Waals surface area contributed by atoms with E-state index in [1.165, 1.54) is 173 Å². The molecule has 19 heteroatoms. The number of carbonyl (C=O) groups excluding carboxylic acids is 4. The molecule has 0 aliphatic rings. The van der Waals surface area contributed by atoms with Gasteiger partial charge in [0.2, 0.25) is 0 Å². The molecule has 0 saturated heterocycles. The fourth-order valence-corrected chi connectivity index (χ4v) is 12.5. The molecule has 0 spiro atoms. The van der Waals surface area contributed by atoms with Gasteiger partial charge in [-0.2, -0.15) is 0 Å². The van der Waals surface area contributed by atoms with Crippen molar-refractivity contribution in [2.75, 3.05) is 39.6 Å². The van der Waals surface area contributed by atoms with Gasteiger partial charge in [-0.05, 0) is 37.5 Å². The third-order valence-corrected chi connectivity index (χ3v) is 18.6. The van der Waals surface area contributed by atoms with Gasteiger partial charge in [0.25, 0.3) is 0 Å². The van der Waals surface area contributed by atoms with Crippen molar-refractivity contribution in [3.8, 4) is 0 Å². The number of rotatable bonds is 71. The van der Waals surface area contributed by atoms with Crippen LogP contribution in [0.2, 0.25) is 0 Å². The summed E-state index contributed by atoms with van der Waals surface area (Å²) in [5.74, 6) is -0.691. The van der Waals surface area contributed by atoms with E-state index < -0.39 is 97.5 Å². The van der Waals surface area contributed by atoms with Gasteiger partial charge in [0.15, 0.2) is 12.2 Å². The molecule has 0 aliphatic carbocycles. The summed E-state index contributed by atoms with van der Waals surface area (Å²) in [4.78, 5) is 72.4. The van der Waals surface area contributed by atoms with Gasteiger partial charge in [0.1, 0.15) is 19.3 Å². The maximum atomic E-state index is 13.0. The van der Waals surface area contributed by atoms with E-state index in [2.05, 4.69) is 41.5 Å². The van der Waals surface area contributed by atoms with Crippen molar-refractivity contribution in [2.24, 2.45) is 11.8 Å². The first-order valence-electron chi connectivity index (χ1n) is 37.5. The Hall–Kier alpha value is -1.94. The van der Waals surface area contributed by atoms with Crippen molar-refractivity contribution < 1.29 is 80.2 Å². The second-order valence-corrected chi connectivity index (χ2v) is 29.8. The lowest BCUT2D eigenvalue weighted by molar-refractivity contribution is -0.161. The van der Waals surface area contributed by atoms with Crippen LogP contribution in [0.1, 0.15) is 369 Å². The Morgan fingerprint density at radius 1 is 0.297 bits per heavy atom. The number of carbonyl (C=O) groups is 4. The third-order valence-electron chi connectivity index (χ3n) is 16.7. The summed E-state index contributed by atoms with van der Waals surface area (Å²) in [6.45, 7) is 9.43. The van der Waals surface area contributed by atoms with Gasteiger partial charge in [-0.25, -0.2) is 9.13 Å².